The third-order valence-corrected chi connectivity index (χ3v) is 4.10. The van der Waals surface area contributed by atoms with Gasteiger partial charge in [-0.05, 0) is 40.2 Å². The van der Waals surface area contributed by atoms with Crippen molar-refractivity contribution in [1.29, 1.82) is 0 Å². The fourth-order valence-corrected chi connectivity index (χ4v) is 2.72. The zero-order valence-electron chi connectivity index (χ0n) is 14.6. The highest BCUT2D eigenvalue weighted by Gasteiger charge is 2.16. The molecule has 0 saturated carbocycles. The van der Waals surface area contributed by atoms with Crippen molar-refractivity contribution in [2.24, 2.45) is 0 Å². The lowest BCUT2D eigenvalue weighted by atomic mass is 9.85. The van der Waals surface area contributed by atoms with Gasteiger partial charge in [-0.15, -0.1) is 0 Å². The van der Waals surface area contributed by atoms with Crippen LogP contribution in [0, 0.1) is 0 Å². The summed E-state index contributed by atoms with van der Waals surface area (Å²) in [5, 5.41) is 0. The molecular formula is C21H28O. The summed E-state index contributed by atoms with van der Waals surface area (Å²) in [5.41, 5.74) is 5.53. The van der Waals surface area contributed by atoms with E-state index in [-0.39, 0.29) is 5.41 Å². The van der Waals surface area contributed by atoms with Gasteiger partial charge in [0, 0.05) is 6.42 Å². The summed E-state index contributed by atoms with van der Waals surface area (Å²) in [6, 6.07) is 15.5. The minimum absolute atomic E-state index is 0.159. The first-order valence-electron chi connectivity index (χ1n) is 8.19. The molecule has 0 saturated heterocycles. The van der Waals surface area contributed by atoms with Crippen molar-refractivity contribution < 1.29 is 4.74 Å². The fourth-order valence-electron chi connectivity index (χ4n) is 2.72. The maximum Gasteiger partial charge on any atom is 0.122 e. The molecule has 0 atom stereocenters. The van der Waals surface area contributed by atoms with Crippen LogP contribution in [-0.4, -0.2) is 7.11 Å². The van der Waals surface area contributed by atoms with Crippen molar-refractivity contribution in [3.63, 3.8) is 0 Å². The van der Waals surface area contributed by atoms with E-state index in [2.05, 4.69) is 70.2 Å². The van der Waals surface area contributed by atoms with Crippen LogP contribution in [0.1, 0.15) is 56.4 Å². The van der Waals surface area contributed by atoms with Crippen molar-refractivity contribution in [1.82, 2.24) is 0 Å². The number of aryl methyl sites for hydroxylation is 1. The molecule has 0 spiro atoms. The molecule has 1 heteroatoms. The number of hydrogen-bond donors (Lipinski definition) is 0. The molecule has 2 aromatic rings. The Morgan fingerprint density at radius 3 is 2.09 bits per heavy atom. The second-order valence-electron chi connectivity index (χ2n) is 7.02. The molecule has 2 rings (SSSR count). The minimum Gasteiger partial charge on any atom is -0.496 e. The Hall–Kier alpha value is -1.76. The van der Waals surface area contributed by atoms with E-state index in [4.69, 9.17) is 4.74 Å². The Labute approximate surface area is 135 Å². The molecule has 0 amide bonds. The number of ether oxygens (including phenoxy) is 1. The van der Waals surface area contributed by atoms with Gasteiger partial charge in [0.1, 0.15) is 5.75 Å². The van der Waals surface area contributed by atoms with Crippen LogP contribution >= 0.6 is 0 Å². The van der Waals surface area contributed by atoms with Gasteiger partial charge in [-0.2, -0.15) is 0 Å². The summed E-state index contributed by atoms with van der Waals surface area (Å²) in [6.07, 6.45) is 3.27. The molecular weight excluding hydrogens is 268 g/mol. The summed E-state index contributed by atoms with van der Waals surface area (Å²) in [4.78, 5) is 0. The summed E-state index contributed by atoms with van der Waals surface area (Å²) in [6.45, 7) is 8.96. The van der Waals surface area contributed by atoms with E-state index in [9.17, 15) is 0 Å². The van der Waals surface area contributed by atoms with Crippen molar-refractivity contribution in [2.45, 2.75) is 52.4 Å². The van der Waals surface area contributed by atoms with Gasteiger partial charge in [-0.3, -0.25) is 0 Å². The first-order valence-corrected chi connectivity index (χ1v) is 8.19. The Balaban J connectivity index is 2.27. The maximum absolute atomic E-state index is 5.55. The zero-order chi connectivity index (χ0) is 16.2. The molecule has 118 valence electrons. The first-order chi connectivity index (χ1) is 10.4. The SMILES string of the molecule is CCCc1ccc(Cc2cc(C(C)(C)C)ccc2OC)cc1. The summed E-state index contributed by atoms with van der Waals surface area (Å²) >= 11 is 0. The molecule has 0 unspecified atom stereocenters. The Morgan fingerprint density at radius 2 is 1.55 bits per heavy atom. The lowest BCUT2D eigenvalue weighted by molar-refractivity contribution is 0.410. The van der Waals surface area contributed by atoms with E-state index >= 15 is 0 Å². The van der Waals surface area contributed by atoms with Crippen molar-refractivity contribution in [2.75, 3.05) is 7.11 Å². The predicted molar refractivity (Wildman–Crippen MR) is 94.9 cm³/mol. The lowest BCUT2D eigenvalue weighted by Crippen LogP contribution is -2.11. The van der Waals surface area contributed by atoms with Crippen molar-refractivity contribution in [3.8, 4) is 5.75 Å². The largest absolute Gasteiger partial charge is 0.496 e. The number of benzene rings is 2. The van der Waals surface area contributed by atoms with E-state index < -0.39 is 0 Å². The van der Waals surface area contributed by atoms with Gasteiger partial charge in [0.2, 0.25) is 0 Å². The monoisotopic (exact) mass is 296 g/mol. The average molecular weight is 296 g/mol. The van der Waals surface area contributed by atoms with Crippen LogP contribution in [0.4, 0.5) is 0 Å². The number of hydrogen-bond acceptors (Lipinski definition) is 1. The predicted octanol–water partition coefficient (Wildman–Crippen LogP) is 5.54. The summed E-state index contributed by atoms with van der Waals surface area (Å²) in [7, 11) is 1.75. The van der Waals surface area contributed by atoms with Crippen LogP contribution in [0.5, 0.6) is 5.75 Å². The topological polar surface area (TPSA) is 9.23 Å². The molecule has 0 N–H and O–H groups in total. The average Bonchev–Trinajstić information content (AvgIpc) is 2.48. The van der Waals surface area contributed by atoms with Crippen LogP contribution in [0.15, 0.2) is 42.5 Å². The number of methoxy groups -OCH3 is 1. The lowest BCUT2D eigenvalue weighted by Gasteiger charge is -2.21. The van der Waals surface area contributed by atoms with E-state index in [0.29, 0.717) is 0 Å². The first kappa shape index (κ1) is 16.6. The summed E-state index contributed by atoms with van der Waals surface area (Å²) in [5.74, 6) is 0.977. The van der Waals surface area contributed by atoms with Gasteiger partial charge in [0.15, 0.2) is 0 Å². The van der Waals surface area contributed by atoms with Crippen LogP contribution in [0.25, 0.3) is 0 Å². The van der Waals surface area contributed by atoms with Crippen LogP contribution in [-0.2, 0) is 18.3 Å². The molecule has 0 fully saturated rings. The molecule has 0 bridgehead atoms. The highest BCUT2D eigenvalue weighted by molar-refractivity contribution is 5.42. The van der Waals surface area contributed by atoms with Crippen LogP contribution < -0.4 is 4.74 Å². The molecule has 1 nitrogen and oxygen atoms in total. The van der Waals surface area contributed by atoms with Gasteiger partial charge in [0.05, 0.1) is 7.11 Å². The molecule has 2 aromatic carbocycles. The van der Waals surface area contributed by atoms with Gasteiger partial charge >= 0.3 is 0 Å². The van der Waals surface area contributed by atoms with Gasteiger partial charge < -0.3 is 4.74 Å². The second kappa shape index (κ2) is 7.00. The minimum atomic E-state index is 0.159. The highest BCUT2D eigenvalue weighted by atomic mass is 16.5. The third-order valence-electron chi connectivity index (χ3n) is 4.10. The van der Waals surface area contributed by atoms with Gasteiger partial charge in [-0.25, -0.2) is 0 Å². The number of rotatable bonds is 5. The van der Waals surface area contributed by atoms with E-state index in [0.717, 1.165) is 18.6 Å². The molecule has 0 aliphatic rings. The van der Waals surface area contributed by atoms with E-state index in [1.54, 1.807) is 7.11 Å². The van der Waals surface area contributed by atoms with Crippen molar-refractivity contribution >= 4 is 0 Å². The normalized spacial score (nSPS) is 11.5. The van der Waals surface area contributed by atoms with E-state index in [1.807, 2.05) is 0 Å². The maximum atomic E-state index is 5.55. The second-order valence-corrected chi connectivity index (χ2v) is 7.02. The molecule has 0 aliphatic carbocycles. The van der Waals surface area contributed by atoms with Crippen LogP contribution in [0.3, 0.4) is 0 Å². The quantitative estimate of drug-likeness (QED) is 0.704. The Bertz CT molecular complexity index is 603. The molecule has 0 radical (unpaired) electrons. The standard InChI is InChI=1S/C21H28O/c1-6-7-16-8-10-17(11-9-16)14-18-15-19(21(2,3)4)12-13-20(18)22-5/h8-13,15H,6-7,14H2,1-5H3. The Morgan fingerprint density at radius 1 is 0.909 bits per heavy atom. The van der Waals surface area contributed by atoms with E-state index in [1.165, 1.54) is 28.7 Å². The van der Waals surface area contributed by atoms with Gasteiger partial charge in [0.25, 0.3) is 0 Å². The van der Waals surface area contributed by atoms with Crippen molar-refractivity contribution in [3.05, 3.63) is 64.7 Å². The highest BCUT2D eigenvalue weighted by Crippen LogP contribution is 2.29. The molecule has 0 aliphatic heterocycles. The zero-order valence-corrected chi connectivity index (χ0v) is 14.6. The Kier molecular flexibility index (Phi) is 5.28. The summed E-state index contributed by atoms with van der Waals surface area (Å²) < 4.78 is 5.55. The third kappa shape index (κ3) is 4.13. The molecule has 0 aromatic heterocycles. The van der Waals surface area contributed by atoms with Crippen LogP contribution in [0.2, 0.25) is 0 Å². The fraction of sp³-hybridized carbons (Fsp3) is 0.429. The smallest absolute Gasteiger partial charge is 0.122 e. The molecule has 22 heavy (non-hydrogen) atoms. The molecule has 0 heterocycles. The van der Waals surface area contributed by atoms with Gasteiger partial charge in [-0.1, -0.05) is 70.5 Å².